The first-order valence-electron chi connectivity index (χ1n) is 6.19. The van der Waals surface area contributed by atoms with Gasteiger partial charge < -0.3 is 5.73 Å². The van der Waals surface area contributed by atoms with Gasteiger partial charge in [0.05, 0.1) is 41.2 Å². The second-order valence-corrected chi connectivity index (χ2v) is 5.15. The van der Waals surface area contributed by atoms with Crippen molar-refractivity contribution in [3.63, 3.8) is 0 Å². The van der Waals surface area contributed by atoms with Gasteiger partial charge in [-0.15, -0.1) is 0 Å². The first-order chi connectivity index (χ1) is 10.2. The van der Waals surface area contributed by atoms with E-state index in [9.17, 15) is 0 Å². The predicted octanol–water partition coefficient (Wildman–Crippen LogP) is 3.09. The van der Waals surface area contributed by atoms with E-state index in [2.05, 4.69) is 15.0 Å². The zero-order valence-corrected chi connectivity index (χ0v) is 12.4. The van der Waals surface area contributed by atoms with Gasteiger partial charge in [-0.05, 0) is 24.3 Å². The van der Waals surface area contributed by atoms with Gasteiger partial charge in [0.15, 0.2) is 0 Å². The van der Waals surface area contributed by atoms with Gasteiger partial charge in [-0.2, -0.15) is 0 Å². The topological polar surface area (TPSA) is 69.6 Å². The number of imidazole rings is 1. The third-order valence-corrected chi connectivity index (χ3v) is 3.50. The molecule has 3 aromatic rings. The van der Waals surface area contributed by atoms with Crippen molar-refractivity contribution in [3.05, 3.63) is 58.9 Å². The molecule has 1 aromatic carbocycles. The van der Waals surface area contributed by atoms with Gasteiger partial charge in [-0.3, -0.25) is 4.57 Å². The summed E-state index contributed by atoms with van der Waals surface area (Å²) in [6.45, 7) is 0.281. The number of halogens is 2. The van der Waals surface area contributed by atoms with E-state index in [1.807, 2.05) is 10.6 Å². The summed E-state index contributed by atoms with van der Waals surface area (Å²) >= 11 is 12.2. The van der Waals surface area contributed by atoms with Crippen molar-refractivity contribution >= 4 is 23.2 Å². The maximum absolute atomic E-state index is 6.25. The van der Waals surface area contributed by atoms with Crippen molar-refractivity contribution in [1.29, 1.82) is 0 Å². The predicted molar refractivity (Wildman–Crippen MR) is 82.5 cm³/mol. The standard InChI is InChI=1S/C14H11Cl2N5/c15-9-1-2-12(10(16)5-9)21-8-18-7-13(21)11-3-4-19-14(6-17)20-11/h1-5,7-8H,6,17H2. The Bertz CT molecular complexity index is 785. The van der Waals surface area contributed by atoms with E-state index in [0.717, 1.165) is 17.1 Å². The molecule has 21 heavy (non-hydrogen) atoms. The van der Waals surface area contributed by atoms with Crippen molar-refractivity contribution in [2.45, 2.75) is 6.54 Å². The first kappa shape index (κ1) is 14.0. The third kappa shape index (κ3) is 2.76. The van der Waals surface area contributed by atoms with Crippen LogP contribution in [0.2, 0.25) is 10.0 Å². The second kappa shape index (κ2) is 5.81. The van der Waals surface area contributed by atoms with E-state index in [4.69, 9.17) is 28.9 Å². The second-order valence-electron chi connectivity index (χ2n) is 4.31. The van der Waals surface area contributed by atoms with Gasteiger partial charge in [-0.25, -0.2) is 15.0 Å². The van der Waals surface area contributed by atoms with Crippen LogP contribution in [0.5, 0.6) is 0 Å². The number of nitrogens with zero attached hydrogens (tertiary/aromatic N) is 4. The van der Waals surface area contributed by atoms with Gasteiger partial charge in [0.2, 0.25) is 0 Å². The molecule has 2 heterocycles. The zero-order chi connectivity index (χ0) is 14.8. The lowest BCUT2D eigenvalue weighted by molar-refractivity contribution is 0.907. The van der Waals surface area contributed by atoms with Crippen LogP contribution in [0.1, 0.15) is 5.82 Å². The van der Waals surface area contributed by atoms with Gasteiger partial charge in [0, 0.05) is 11.2 Å². The SMILES string of the molecule is NCc1nccc(-c2cncn2-c2ccc(Cl)cc2Cl)n1. The Morgan fingerprint density at radius 2 is 2.05 bits per heavy atom. The van der Waals surface area contributed by atoms with E-state index in [-0.39, 0.29) is 6.54 Å². The van der Waals surface area contributed by atoms with Crippen LogP contribution in [0.3, 0.4) is 0 Å². The molecule has 0 aliphatic heterocycles. The maximum Gasteiger partial charge on any atom is 0.142 e. The monoisotopic (exact) mass is 319 g/mol. The van der Waals surface area contributed by atoms with Gasteiger partial charge in [0.1, 0.15) is 5.82 Å². The number of aromatic nitrogens is 4. The molecule has 106 valence electrons. The Kier molecular flexibility index (Phi) is 3.88. The van der Waals surface area contributed by atoms with E-state index in [1.54, 1.807) is 36.9 Å². The minimum atomic E-state index is 0.281. The summed E-state index contributed by atoms with van der Waals surface area (Å²) in [7, 11) is 0. The summed E-state index contributed by atoms with van der Waals surface area (Å²) in [6, 6.07) is 7.10. The molecular weight excluding hydrogens is 309 g/mol. The fourth-order valence-electron chi connectivity index (χ4n) is 1.99. The normalized spacial score (nSPS) is 10.8. The molecule has 0 amide bonds. The summed E-state index contributed by atoms with van der Waals surface area (Å²) in [5.74, 6) is 0.572. The average Bonchev–Trinajstić information content (AvgIpc) is 2.96. The van der Waals surface area contributed by atoms with Gasteiger partial charge >= 0.3 is 0 Å². The van der Waals surface area contributed by atoms with Crippen LogP contribution in [0, 0.1) is 0 Å². The van der Waals surface area contributed by atoms with Crippen LogP contribution in [-0.4, -0.2) is 19.5 Å². The summed E-state index contributed by atoms with van der Waals surface area (Å²) < 4.78 is 1.85. The number of nitrogens with two attached hydrogens (primary N) is 1. The Morgan fingerprint density at radius 3 is 2.81 bits per heavy atom. The molecule has 0 radical (unpaired) electrons. The molecule has 0 atom stereocenters. The fraction of sp³-hybridized carbons (Fsp3) is 0.0714. The molecule has 2 N–H and O–H groups in total. The highest BCUT2D eigenvalue weighted by Gasteiger charge is 2.12. The quantitative estimate of drug-likeness (QED) is 0.805. The van der Waals surface area contributed by atoms with Crippen LogP contribution < -0.4 is 5.73 Å². The van der Waals surface area contributed by atoms with Crippen molar-refractivity contribution < 1.29 is 0 Å². The molecule has 0 saturated heterocycles. The third-order valence-electron chi connectivity index (χ3n) is 2.96. The molecule has 0 spiro atoms. The van der Waals surface area contributed by atoms with Gasteiger partial charge in [0.25, 0.3) is 0 Å². The number of hydrogen-bond acceptors (Lipinski definition) is 4. The highest BCUT2D eigenvalue weighted by Crippen LogP contribution is 2.28. The molecule has 0 aliphatic rings. The summed E-state index contributed by atoms with van der Waals surface area (Å²) in [5.41, 5.74) is 7.89. The van der Waals surface area contributed by atoms with E-state index in [0.29, 0.717) is 15.9 Å². The minimum absolute atomic E-state index is 0.281. The Hall–Kier alpha value is -1.95. The van der Waals surface area contributed by atoms with Crippen LogP contribution in [-0.2, 0) is 6.54 Å². The van der Waals surface area contributed by atoms with Crippen molar-refractivity contribution in [2.75, 3.05) is 0 Å². The van der Waals surface area contributed by atoms with Crippen LogP contribution in [0.25, 0.3) is 17.1 Å². The molecule has 3 rings (SSSR count). The molecule has 7 heteroatoms. The lowest BCUT2D eigenvalue weighted by atomic mass is 10.2. The van der Waals surface area contributed by atoms with Crippen LogP contribution in [0.4, 0.5) is 0 Å². The molecule has 2 aromatic heterocycles. The fourth-order valence-corrected chi connectivity index (χ4v) is 2.49. The van der Waals surface area contributed by atoms with Crippen molar-refractivity contribution in [3.8, 4) is 17.1 Å². The molecule has 0 aliphatic carbocycles. The molecular formula is C14H11Cl2N5. The van der Waals surface area contributed by atoms with Crippen LogP contribution in [0.15, 0.2) is 43.0 Å². The minimum Gasteiger partial charge on any atom is -0.324 e. The highest BCUT2D eigenvalue weighted by atomic mass is 35.5. The Morgan fingerprint density at radius 1 is 1.19 bits per heavy atom. The number of hydrogen-bond donors (Lipinski definition) is 1. The number of benzene rings is 1. The van der Waals surface area contributed by atoms with E-state index in [1.165, 1.54) is 0 Å². The average molecular weight is 320 g/mol. The molecule has 0 saturated carbocycles. The zero-order valence-electron chi connectivity index (χ0n) is 10.9. The number of rotatable bonds is 3. The van der Waals surface area contributed by atoms with E-state index >= 15 is 0 Å². The summed E-state index contributed by atoms with van der Waals surface area (Å²) in [5, 5.41) is 1.12. The Balaban J connectivity index is 2.12. The van der Waals surface area contributed by atoms with Crippen molar-refractivity contribution in [1.82, 2.24) is 19.5 Å². The smallest absolute Gasteiger partial charge is 0.142 e. The molecule has 5 nitrogen and oxygen atoms in total. The molecule has 0 unspecified atom stereocenters. The lowest BCUT2D eigenvalue weighted by Crippen LogP contribution is -2.04. The van der Waals surface area contributed by atoms with E-state index < -0.39 is 0 Å². The molecule has 0 bridgehead atoms. The first-order valence-corrected chi connectivity index (χ1v) is 6.95. The van der Waals surface area contributed by atoms with Crippen molar-refractivity contribution in [2.24, 2.45) is 5.73 Å². The molecule has 0 fully saturated rings. The Labute approximate surface area is 131 Å². The maximum atomic E-state index is 6.25. The highest BCUT2D eigenvalue weighted by molar-refractivity contribution is 6.35. The van der Waals surface area contributed by atoms with Gasteiger partial charge in [-0.1, -0.05) is 23.2 Å². The largest absolute Gasteiger partial charge is 0.324 e. The summed E-state index contributed by atoms with van der Waals surface area (Å²) in [4.78, 5) is 12.7. The van der Waals surface area contributed by atoms with Crippen LogP contribution >= 0.6 is 23.2 Å². The lowest BCUT2D eigenvalue weighted by Gasteiger charge is -2.10. The summed E-state index contributed by atoms with van der Waals surface area (Å²) in [6.07, 6.45) is 5.06.